The van der Waals surface area contributed by atoms with Crippen LogP contribution in [0, 0.1) is 6.92 Å². The number of aromatic hydroxyl groups is 1. The van der Waals surface area contributed by atoms with Crippen LogP contribution in [-0.2, 0) is 23.9 Å². The fourth-order valence-electron chi connectivity index (χ4n) is 2.71. The molecular formula is C20H20N4O5S. The van der Waals surface area contributed by atoms with Gasteiger partial charge in [-0.05, 0) is 43.3 Å². The molecule has 10 heteroatoms. The highest BCUT2D eigenvalue weighted by molar-refractivity contribution is 7.91. The third-order valence-electron chi connectivity index (χ3n) is 4.55. The predicted octanol–water partition coefficient (Wildman–Crippen LogP) is 1.38. The molecule has 0 radical (unpaired) electrons. The highest BCUT2D eigenvalue weighted by atomic mass is 32.2. The second kappa shape index (κ2) is 7.99. The molecule has 0 saturated carbocycles. The van der Waals surface area contributed by atoms with Crippen LogP contribution in [0.15, 0.2) is 73.0 Å². The topological polar surface area (TPSA) is 123 Å². The van der Waals surface area contributed by atoms with Crippen molar-refractivity contribution < 1.29 is 13.5 Å². The standard InChI is InChI=1S/C20H20N4O5S/c1-13-4-8-15(9-5-13)30(28,29)16-10-6-14(7-11-16)22-21-12-17-18(25)23(2)20(27)24(3)19(17)26/h4-12,22,25H,1-3H3. The molecule has 3 rings (SSSR count). The summed E-state index contributed by atoms with van der Waals surface area (Å²) in [4.78, 5) is 24.2. The van der Waals surface area contributed by atoms with Crippen LogP contribution in [0.3, 0.4) is 0 Å². The van der Waals surface area contributed by atoms with Gasteiger partial charge in [0.25, 0.3) is 5.56 Å². The van der Waals surface area contributed by atoms with Gasteiger partial charge in [-0.15, -0.1) is 0 Å². The molecule has 3 aromatic rings. The SMILES string of the molecule is Cc1ccc(S(=O)(=O)c2ccc(NN=Cc3c(O)n(C)c(=O)n(C)c3=O)cc2)cc1. The molecule has 1 heterocycles. The number of sulfone groups is 1. The summed E-state index contributed by atoms with van der Waals surface area (Å²) in [6.45, 7) is 1.88. The van der Waals surface area contributed by atoms with E-state index in [4.69, 9.17) is 0 Å². The first-order valence-electron chi connectivity index (χ1n) is 8.83. The Hall–Kier alpha value is -3.66. The zero-order chi connectivity index (χ0) is 22.1. The van der Waals surface area contributed by atoms with Crippen molar-refractivity contribution in [2.24, 2.45) is 19.2 Å². The molecule has 9 nitrogen and oxygen atoms in total. The highest BCUT2D eigenvalue weighted by Gasteiger charge is 2.17. The van der Waals surface area contributed by atoms with Crippen molar-refractivity contribution in [2.75, 3.05) is 5.43 Å². The van der Waals surface area contributed by atoms with E-state index in [0.717, 1.165) is 20.9 Å². The highest BCUT2D eigenvalue weighted by Crippen LogP contribution is 2.22. The first kappa shape index (κ1) is 21.1. The van der Waals surface area contributed by atoms with Gasteiger partial charge in [0, 0.05) is 14.1 Å². The lowest BCUT2D eigenvalue weighted by Gasteiger charge is -2.08. The zero-order valence-electron chi connectivity index (χ0n) is 16.5. The molecule has 0 aliphatic heterocycles. The van der Waals surface area contributed by atoms with Crippen molar-refractivity contribution >= 4 is 21.7 Å². The van der Waals surface area contributed by atoms with Gasteiger partial charge < -0.3 is 5.11 Å². The van der Waals surface area contributed by atoms with Crippen molar-refractivity contribution in [1.29, 1.82) is 0 Å². The van der Waals surface area contributed by atoms with Crippen LogP contribution >= 0.6 is 0 Å². The van der Waals surface area contributed by atoms with E-state index in [0.29, 0.717) is 5.69 Å². The van der Waals surface area contributed by atoms with Gasteiger partial charge >= 0.3 is 5.69 Å². The predicted molar refractivity (Wildman–Crippen MR) is 113 cm³/mol. The smallest absolute Gasteiger partial charge is 0.333 e. The zero-order valence-corrected chi connectivity index (χ0v) is 17.3. The Kier molecular flexibility index (Phi) is 5.61. The Bertz CT molecular complexity index is 1340. The third kappa shape index (κ3) is 3.90. The average molecular weight is 428 g/mol. The minimum absolute atomic E-state index is 0.130. The Balaban J connectivity index is 1.81. The molecule has 0 bridgehead atoms. The lowest BCUT2D eigenvalue weighted by molar-refractivity contribution is 0.410. The van der Waals surface area contributed by atoms with Crippen LogP contribution in [0.5, 0.6) is 5.88 Å². The summed E-state index contributed by atoms with van der Waals surface area (Å²) in [6, 6.07) is 12.5. The summed E-state index contributed by atoms with van der Waals surface area (Å²) in [5.41, 5.74) is 2.57. The molecule has 0 fully saturated rings. The van der Waals surface area contributed by atoms with Crippen molar-refractivity contribution in [3.8, 4) is 5.88 Å². The second-order valence-corrected chi connectivity index (χ2v) is 8.60. The molecule has 0 unspecified atom stereocenters. The first-order valence-corrected chi connectivity index (χ1v) is 10.3. The Morgan fingerprint density at radius 2 is 1.47 bits per heavy atom. The number of aryl methyl sites for hydroxylation is 1. The lowest BCUT2D eigenvalue weighted by atomic mass is 10.2. The number of aromatic nitrogens is 2. The van der Waals surface area contributed by atoms with Gasteiger partial charge in [0.1, 0.15) is 5.56 Å². The average Bonchev–Trinajstić information content (AvgIpc) is 2.74. The molecule has 2 N–H and O–H groups in total. The van der Waals surface area contributed by atoms with Gasteiger partial charge in [-0.3, -0.25) is 19.4 Å². The third-order valence-corrected chi connectivity index (χ3v) is 6.34. The van der Waals surface area contributed by atoms with Crippen LogP contribution in [0.25, 0.3) is 0 Å². The van der Waals surface area contributed by atoms with Crippen LogP contribution in [0.1, 0.15) is 11.1 Å². The van der Waals surface area contributed by atoms with E-state index in [1.807, 2.05) is 6.92 Å². The normalized spacial score (nSPS) is 11.7. The lowest BCUT2D eigenvalue weighted by Crippen LogP contribution is -2.38. The van der Waals surface area contributed by atoms with Crippen molar-refractivity contribution in [1.82, 2.24) is 9.13 Å². The molecule has 2 aromatic carbocycles. The summed E-state index contributed by atoms with van der Waals surface area (Å²) in [6.07, 6.45) is 1.09. The minimum atomic E-state index is -3.64. The summed E-state index contributed by atoms with van der Waals surface area (Å²) in [5.74, 6) is -0.506. The second-order valence-electron chi connectivity index (χ2n) is 6.65. The molecule has 0 aliphatic rings. The molecular weight excluding hydrogens is 408 g/mol. The maximum Gasteiger partial charge on any atom is 0.333 e. The molecule has 0 atom stereocenters. The van der Waals surface area contributed by atoms with E-state index in [1.165, 1.54) is 38.4 Å². The number of nitrogens with one attached hydrogen (secondary N) is 1. The molecule has 30 heavy (non-hydrogen) atoms. The monoisotopic (exact) mass is 428 g/mol. The Morgan fingerprint density at radius 1 is 0.933 bits per heavy atom. The molecule has 0 spiro atoms. The van der Waals surface area contributed by atoms with Gasteiger partial charge in [-0.25, -0.2) is 13.2 Å². The maximum atomic E-state index is 12.7. The number of rotatable bonds is 5. The van der Waals surface area contributed by atoms with Crippen LogP contribution in [0.4, 0.5) is 5.69 Å². The molecule has 1 aromatic heterocycles. The van der Waals surface area contributed by atoms with Gasteiger partial charge in [-0.1, -0.05) is 17.7 Å². The largest absolute Gasteiger partial charge is 0.494 e. The minimum Gasteiger partial charge on any atom is -0.494 e. The van der Waals surface area contributed by atoms with Crippen LogP contribution in [-0.4, -0.2) is 28.9 Å². The number of anilines is 1. The summed E-state index contributed by atoms with van der Waals surface area (Å²) in [7, 11) is -1.01. The van der Waals surface area contributed by atoms with E-state index in [1.54, 1.807) is 24.3 Å². The Labute approximate surface area is 172 Å². The number of benzene rings is 2. The number of hydrazone groups is 1. The van der Waals surface area contributed by atoms with E-state index in [9.17, 15) is 23.1 Å². The van der Waals surface area contributed by atoms with E-state index in [-0.39, 0.29) is 15.4 Å². The van der Waals surface area contributed by atoms with Crippen LogP contribution < -0.4 is 16.7 Å². The quantitative estimate of drug-likeness (QED) is 0.468. The summed E-state index contributed by atoms with van der Waals surface area (Å²) in [5, 5.41) is 13.9. The molecule has 0 aliphatic carbocycles. The maximum absolute atomic E-state index is 12.7. The van der Waals surface area contributed by atoms with Crippen molar-refractivity contribution in [3.05, 3.63) is 80.5 Å². The van der Waals surface area contributed by atoms with E-state index < -0.39 is 27.0 Å². The number of hydrogen-bond acceptors (Lipinski definition) is 7. The molecule has 0 saturated heterocycles. The van der Waals surface area contributed by atoms with E-state index in [2.05, 4.69) is 10.5 Å². The van der Waals surface area contributed by atoms with Crippen LogP contribution in [0.2, 0.25) is 0 Å². The number of hydrogen-bond donors (Lipinski definition) is 2. The van der Waals surface area contributed by atoms with Crippen molar-refractivity contribution in [2.45, 2.75) is 16.7 Å². The fourth-order valence-corrected chi connectivity index (χ4v) is 3.97. The molecule has 0 amide bonds. The first-order chi connectivity index (χ1) is 14.1. The van der Waals surface area contributed by atoms with Gasteiger partial charge in [0.2, 0.25) is 15.7 Å². The van der Waals surface area contributed by atoms with E-state index >= 15 is 0 Å². The van der Waals surface area contributed by atoms with Gasteiger partial charge in [-0.2, -0.15) is 5.10 Å². The summed E-state index contributed by atoms with van der Waals surface area (Å²) >= 11 is 0. The Morgan fingerprint density at radius 3 is 2.03 bits per heavy atom. The fraction of sp³-hybridized carbons (Fsp3) is 0.150. The van der Waals surface area contributed by atoms with Gasteiger partial charge in [0.15, 0.2) is 0 Å². The number of nitrogens with zero attached hydrogens (tertiary/aromatic N) is 3. The summed E-state index contributed by atoms with van der Waals surface area (Å²) < 4.78 is 27.1. The van der Waals surface area contributed by atoms with Crippen molar-refractivity contribution in [3.63, 3.8) is 0 Å². The van der Waals surface area contributed by atoms with Gasteiger partial charge in [0.05, 0.1) is 21.7 Å². The molecule has 156 valence electrons.